The number of hydrogen-bond acceptors (Lipinski definition) is 3. The maximum atomic E-state index is 13.2. The molecule has 1 N–H and O–H groups in total. The van der Waals surface area contributed by atoms with Crippen molar-refractivity contribution in [2.24, 2.45) is 0 Å². The third-order valence-corrected chi connectivity index (χ3v) is 5.97. The van der Waals surface area contributed by atoms with E-state index in [4.69, 9.17) is 0 Å². The Morgan fingerprint density at radius 3 is 2.76 bits per heavy atom. The van der Waals surface area contributed by atoms with Crippen molar-refractivity contribution >= 4 is 11.8 Å². The largest absolute Gasteiger partial charge is 0.352 e. The monoisotopic (exact) mass is 393 g/mol. The number of amides is 2. The SMILES string of the molecule is Cc1ccn(-c2cccc3c2CCC3)c(=O)c1C(=O)NCCCN1CCCC1=O. The van der Waals surface area contributed by atoms with Crippen molar-refractivity contribution in [1.82, 2.24) is 14.8 Å². The van der Waals surface area contributed by atoms with Gasteiger partial charge in [0, 0.05) is 32.3 Å². The van der Waals surface area contributed by atoms with Crippen molar-refractivity contribution in [3.05, 3.63) is 63.1 Å². The van der Waals surface area contributed by atoms with Gasteiger partial charge in [-0.05, 0) is 67.9 Å². The molecule has 1 aliphatic heterocycles. The van der Waals surface area contributed by atoms with E-state index < -0.39 is 0 Å². The molecule has 1 saturated heterocycles. The van der Waals surface area contributed by atoms with Gasteiger partial charge in [-0.3, -0.25) is 19.0 Å². The van der Waals surface area contributed by atoms with Crippen molar-refractivity contribution in [2.75, 3.05) is 19.6 Å². The van der Waals surface area contributed by atoms with Gasteiger partial charge in [0.05, 0.1) is 5.69 Å². The minimum atomic E-state index is -0.345. The van der Waals surface area contributed by atoms with Crippen molar-refractivity contribution in [3.8, 4) is 5.69 Å². The third-order valence-electron chi connectivity index (χ3n) is 5.97. The van der Waals surface area contributed by atoms with Gasteiger partial charge >= 0.3 is 0 Å². The molecule has 4 rings (SSSR count). The Bertz CT molecular complexity index is 1010. The molecule has 2 aromatic rings. The van der Waals surface area contributed by atoms with Crippen LogP contribution >= 0.6 is 0 Å². The molecule has 0 saturated carbocycles. The number of benzene rings is 1. The predicted molar refractivity (Wildman–Crippen MR) is 112 cm³/mol. The Morgan fingerprint density at radius 1 is 1.10 bits per heavy atom. The highest BCUT2D eigenvalue weighted by Crippen LogP contribution is 2.27. The lowest BCUT2D eigenvalue weighted by molar-refractivity contribution is -0.127. The summed E-state index contributed by atoms with van der Waals surface area (Å²) in [7, 11) is 0. The molecule has 1 aliphatic carbocycles. The number of nitrogens with zero attached hydrogens (tertiary/aromatic N) is 2. The van der Waals surface area contributed by atoms with Gasteiger partial charge in [0.15, 0.2) is 0 Å². The summed E-state index contributed by atoms with van der Waals surface area (Å²) < 4.78 is 1.61. The van der Waals surface area contributed by atoms with Gasteiger partial charge in [-0.25, -0.2) is 0 Å². The number of aryl methyl sites for hydroxylation is 2. The topological polar surface area (TPSA) is 71.4 Å². The van der Waals surface area contributed by atoms with Crippen LogP contribution in [-0.4, -0.2) is 40.9 Å². The molecule has 0 spiro atoms. The summed E-state index contributed by atoms with van der Waals surface area (Å²) in [5.41, 5.74) is 3.97. The number of nitrogens with one attached hydrogen (secondary N) is 1. The van der Waals surface area contributed by atoms with Crippen LogP contribution in [0.5, 0.6) is 0 Å². The lowest BCUT2D eigenvalue weighted by Crippen LogP contribution is -2.35. The Labute approximate surface area is 170 Å². The second kappa shape index (κ2) is 8.23. The van der Waals surface area contributed by atoms with E-state index in [-0.39, 0.29) is 22.9 Å². The lowest BCUT2D eigenvalue weighted by Gasteiger charge is -2.16. The quantitative estimate of drug-likeness (QED) is 0.766. The van der Waals surface area contributed by atoms with Gasteiger partial charge < -0.3 is 10.2 Å². The van der Waals surface area contributed by atoms with E-state index in [0.717, 1.165) is 37.9 Å². The fourth-order valence-electron chi connectivity index (χ4n) is 4.42. The van der Waals surface area contributed by atoms with Crippen molar-refractivity contribution < 1.29 is 9.59 Å². The van der Waals surface area contributed by atoms with Gasteiger partial charge in [0.1, 0.15) is 5.56 Å². The molecule has 6 heteroatoms. The molecule has 6 nitrogen and oxygen atoms in total. The summed E-state index contributed by atoms with van der Waals surface area (Å²) in [6.45, 7) is 3.68. The van der Waals surface area contributed by atoms with E-state index >= 15 is 0 Å². The standard InChI is InChI=1S/C23H27N3O3/c1-16-11-15-26(19-9-3-7-17-6-2-8-18(17)19)23(29)21(16)22(28)24-12-5-14-25-13-4-10-20(25)27/h3,7,9,11,15H,2,4-6,8,10,12-14H2,1H3,(H,24,28). The van der Waals surface area contributed by atoms with E-state index in [2.05, 4.69) is 11.4 Å². The number of pyridine rings is 1. The molecule has 152 valence electrons. The van der Waals surface area contributed by atoms with Crippen LogP contribution in [0.25, 0.3) is 5.69 Å². The predicted octanol–water partition coefficient (Wildman–Crippen LogP) is 2.38. The van der Waals surface area contributed by atoms with E-state index in [0.29, 0.717) is 31.5 Å². The average Bonchev–Trinajstić information content (AvgIpc) is 3.34. The van der Waals surface area contributed by atoms with E-state index in [1.165, 1.54) is 11.1 Å². The molecule has 1 fully saturated rings. The Kier molecular flexibility index (Phi) is 5.51. The van der Waals surface area contributed by atoms with Crippen LogP contribution in [-0.2, 0) is 17.6 Å². The smallest absolute Gasteiger partial charge is 0.268 e. The lowest BCUT2D eigenvalue weighted by atomic mass is 10.1. The number of carbonyl (C=O) groups is 2. The average molecular weight is 393 g/mol. The first-order chi connectivity index (χ1) is 14.1. The van der Waals surface area contributed by atoms with E-state index in [9.17, 15) is 14.4 Å². The molecule has 29 heavy (non-hydrogen) atoms. The zero-order valence-electron chi connectivity index (χ0n) is 16.9. The first-order valence-electron chi connectivity index (χ1n) is 10.5. The summed E-state index contributed by atoms with van der Waals surface area (Å²) >= 11 is 0. The fraction of sp³-hybridized carbons (Fsp3) is 0.435. The van der Waals surface area contributed by atoms with Crippen molar-refractivity contribution in [3.63, 3.8) is 0 Å². The number of carbonyl (C=O) groups excluding carboxylic acids is 2. The molecule has 0 atom stereocenters. The second-order valence-corrected chi connectivity index (χ2v) is 7.91. The number of aromatic nitrogens is 1. The molecule has 2 aliphatic rings. The number of hydrogen-bond donors (Lipinski definition) is 1. The van der Waals surface area contributed by atoms with E-state index in [1.54, 1.807) is 17.7 Å². The maximum absolute atomic E-state index is 13.2. The highest BCUT2D eigenvalue weighted by atomic mass is 16.2. The number of fused-ring (bicyclic) bond motifs is 1. The van der Waals surface area contributed by atoms with Crippen LogP contribution in [0, 0.1) is 6.92 Å². The van der Waals surface area contributed by atoms with Crippen molar-refractivity contribution in [2.45, 2.75) is 45.4 Å². The Morgan fingerprint density at radius 2 is 1.97 bits per heavy atom. The van der Waals surface area contributed by atoms with Gasteiger partial charge in [-0.1, -0.05) is 12.1 Å². The summed E-state index contributed by atoms with van der Waals surface area (Å²) in [4.78, 5) is 39.4. The summed E-state index contributed by atoms with van der Waals surface area (Å²) in [6.07, 6.45) is 7.08. The van der Waals surface area contributed by atoms with Gasteiger partial charge in [0.25, 0.3) is 11.5 Å². The Balaban J connectivity index is 1.50. The summed E-state index contributed by atoms with van der Waals surface area (Å²) in [5.74, 6) is -0.157. The molecule has 2 amide bonds. The molecular formula is C23H27N3O3. The molecule has 2 heterocycles. The second-order valence-electron chi connectivity index (χ2n) is 7.91. The van der Waals surface area contributed by atoms with Crippen LogP contribution in [0.1, 0.15) is 52.7 Å². The molecular weight excluding hydrogens is 366 g/mol. The summed E-state index contributed by atoms with van der Waals surface area (Å²) in [5, 5.41) is 2.86. The molecule has 1 aromatic carbocycles. The normalized spacial score (nSPS) is 15.6. The third kappa shape index (κ3) is 3.84. The zero-order chi connectivity index (χ0) is 20.4. The molecule has 1 aromatic heterocycles. The molecule has 0 unspecified atom stereocenters. The minimum Gasteiger partial charge on any atom is -0.352 e. The van der Waals surface area contributed by atoms with Crippen LogP contribution < -0.4 is 10.9 Å². The van der Waals surface area contributed by atoms with Crippen LogP contribution in [0.3, 0.4) is 0 Å². The van der Waals surface area contributed by atoms with Crippen molar-refractivity contribution in [1.29, 1.82) is 0 Å². The Hall–Kier alpha value is -2.89. The van der Waals surface area contributed by atoms with Gasteiger partial charge in [0.2, 0.25) is 5.91 Å². The van der Waals surface area contributed by atoms with Crippen LogP contribution in [0.4, 0.5) is 0 Å². The zero-order valence-corrected chi connectivity index (χ0v) is 16.9. The highest BCUT2D eigenvalue weighted by Gasteiger charge is 2.21. The highest BCUT2D eigenvalue weighted by molar-refractivity contribution is 5.95. The number of likely N-dealkylation sites (tertiary alicyclic amines) is 1. The van der Waals surface area contributed by atoms with E-state index in [1.807, 2.05) is 23.1 Å². The maximum Gasteiger partial charge on any atom is 0.268 e. The first kappa shape index (κ1) is 19.4. The van der Waals surface area contributed by atoms with Crippen LogP contribution in [0.2, 0.25) is 0 Å². The molecule has 0 radical (unpaired) electrons. The number of rotatable bonds is 6. The van der Waals surface area contributed by atoms with Gasteiger partial charge in [-0.2, -0.15) is 0 Å². The van der Waals surface area contributed by atoms with Gasteiger partial charge in [-0.15, -0.1) is 0 Å². The minimum absolute atomic E-state index is 0.188. The van der Waals surface area contributed by atoms with Crippen LogP contribution in [0.15, 0.2) is 35.3 Å². The summed E-state index contributed by atoms with van der Waals surface area (Å²) in [6, 6.07) is 7.87. The molecule has 0 bridgehead atoms. The fourth-order valence-corrected chi connectivity index (χ4v) is 4.42. The first-order valence-corrected chi connectivity index (χ1v) is 10.5.